The molecular weight excluding hydrogens is 371 g/mol. The standard InChI is InChI=1S/C19H18ClFN2O2.CH4O/c1-22-10-11-24-18-9-6-13(19(21)23-18)12-25-17-8-7-16(20)14-4-2-3-5-15(14)17;1-2/h2-9,22H,10-12H2,1H3;2H,1H3. The fourth-order valence-electron chi connectivity index (χ4n) is 2.41. The van der Waals surface area contributed by atoms with Crippen LogP contribution in [0.4, 0.5) is 4.39 Å². The second kappa shape index (κ2) is 10.7. The normalized spacial score (nSPS) is 10.3. The van der Waals surface area contributed by atoms with Crippen molar-refractivity contribution in [1.29, 1.82) is 0 Å². The molecule has 0 amide bonds. The fourth-order valence-corrected chi connectivity index (χ4v) is 2.64. The minimum absolute atomic E-state index is 0.0707. The van der Waals surface area contributed by atoms with Crippen LogP contribution >= 0.6 is 11.6 Å². The van der Waals surface area contributed by atoms with Crippen molar-refractivity contribution in [2.45, 2.75) is 6.61 Å². The number of hydrogen-bond acceptors (Lipinski definition) is 5. The van der Waals surface area contributed by atoms with Gasteiger partial charge in [0.1, 0.15) is 19.0 Å². The number of aromatic nitrogens is 1. The summed E-state index contributed by atoms with van der Waals surface area (Å²) < 4.78 is 25.3. The van der Waals surface area contributed by atoms with Crippen molar-refractivity contribution in [1.82, 2.24) is 10.3 Å². The molecular formula is C20H22ClFN2O3. The molecule has 27 heavy (non-hydrogen) atoms. The molecule has 2 aromatic carbocycles. The summed E-state index contributed by atoms with van der Waals surface area (Å²) in [5, 5.41) is 12.4. The first-order chi connectivity index (χ1) is 13.2. The number of rotatable bonds is 7. The Morgan fingerprint density at radius 3 is 2.48 bits per heavy atom. The van der Waals surface area contributed by atoms with Crippen LogP contribution < -0.4 is 14.8 Å². The van der Waals surface area contributed by atoms with E-state index < -0.39 is 5.95 Å². The molecule has 3 aromatic rings. The Kier molecular flexibility index (Phi) is 8.26. The van der Waals surface area contributed by atoms with Crippen LogP contribution in [0.3, 0.4) is 0 Å². The van der Waals surface area contributed by atoms with Gasteiger partial charge in [0.25, 0.3) is 0 Å². The molecule has 0 saturated carbocycles. The van der Waals surface area contributed by atoms with Crippen LogP contribution in [0.15, 0.2) is 48.5 Å². The van der Waals surface area contributed by atoms with Crippen LogP contribution in [0.1, 0.15) is 5.56 Å². The van der Waals surface area contributed by atoms with Crippen molar-refractivity contribution < 1.29 is 19.0 Å². The van der Waals surface area contributed by atoms with Crippen molar-refractivity contribution in [3.63, 3.8) is 0 Å². The highest BCUT2D eigenvalue weighted by molar-refractivity contribution is 6.35. The number of nitrogens with one attached hydrogen (secondary N) is 1. The van der Waals surface area contributed by atoms with Gasteiger partial charge in [0.2, 0.25) is 11.8 Å². The highest BCUT2D eigenvalue weighted by Gasteiger charge is 2.09. The van der Waals surface area contributed by atoms with E-state index in [1.807, 2.05) is 31.3 Å². The minimum atomic E-state index is -0.597. The lowest BCUT2D eigenvalue weighted by Gasteiger charge is -2.11. The van der Waals surface area contributed by atoms with E-state index in [1.54, 1.807) is 24.3 Å². The molecule has 0 spiro atoms. The predicted octanol–water partition coefficient (Wildman–Crippen LogP) is 3.81. The zero-order valence-electron chi connectivity index (χ0n) is 15.2. The van der Waals surface area contributed by atoms with Crippen molar-refractivity contribution in [2.24, 2.45) is 0 Å². The predicted molar refractivity (Wildman–Crippen MR) is 105 cm³/mol. The van der Waals surface area contributed by atoms with Gasteiger partial charge in [-0.2, -0.15) is 9.37 Å². The molecule has 0 fully saturated rings. The van der Waals surface area contributed by atoms with Gasteiger partial charge in [0.05, 0.1) is 0 Å². The SMILES string of the molecule is CNCCOc1ccc(COc2ccc(Cl)c3ccccc23)c(F)n1.CO. The van der Waals surface area contributed by atoms with Crippen molar-refractivity contribution in [2.75, 3.05) is 27.3 Å². The summed E-state index contributed by atoms with van der Waals surface area (Å²) in [6.07, 6.45) is 0. The summed E-state index contributed by atoms with van der Waals surface area (Å²) in [5.41, 5.74) is 0.361. The van der Waals surface area contributed by atoms with Crippen LogP contribution in [0, 0.1) is 5.95 Å². The highest BCUT2D eigenvalue weighted by Crippen LogP contribution is 2.31. The zero-order valence-corrected chi connectivity index (χ0v) is 16.0. The van der Waals surface area contributed by atoms with E-state index in [-0.39, 0.29) is 12.5 Å². The first-order valence-corrected chi connectivity index (χ1v) is 8.74. The number of fused-ring (bicyclic) bond motifs is 1. The molecule has 0 bridgehead atoms. The number of likely N-dealkylation sites (N-methyl/N-ethyl adjacent to an activating group) is 1. The highest BCUT2D eigenvalue weighted by atomic mass is 35.5. The average Bonchev–Trinajstić information content (AvgIpc) is 2.71. The second-order valence-corrected chi connectivity index (χ2v) is 5.84. The summed E-state index contributed by atoms with van der Waals surface area (Å²) >= 11 is 6.20. The van der Waals surface area contributed by atoms with Gasteiger partial charge in [-0.05, 0) is 25.2 Å². The number of aliphatic hydroxyl groups is 1. The maximum atomic E-state index is 14.1. The summed E-state index contributed by atoms with van der Waals surface area (Å²) in [6, 6.07) is 14.5. The van der Waals surface area contributed by atoms with Gasteiger partial charge in [-0.25, -0.2) is 0 Å². The second-order valence-electron chi connectivity index (χ2n) is 5.43. The van der Waals surface area contributed by atoms with Crippen LogP contribution in [-0.2, 0) is 6.61 Å². The number of aliphatic hydroxyl groups excluding tert-OH is 1. The molecule has 0 aliphatic carbocycles. The third kappa shape index (κ3) is 5.53. The monoisotopic (exact) mass is 392 g/mol. The summed E-state index contributed by atoms with van der Waals surface area (Å²) in [6.45, 7) is 1.16. The van der Waals surface area contributed by atoms with E-state index in [9.17, 15) is 4.39 Å². The van der Waals surface area contributed by atoms with Gasteiger partial charge in [0.15, 0.2) is 0 Å². The molecule has 0 atom stereocenters. The lowest BCUT2D eigenvalue weighted by Crippen LogP contribution is -2.16. The van der Waals surface area contributed by atoms with Crippen LogP contribution in [-0.4, -0.2) is 37.4 Å². The summed E-state index contributed by atoms with van der Waals surface area (Å²) in [4.78, 5) is 3.82. The lowest BCUT2D eigenvalue weighted by molar-refractivity contribution is 0.289. The van der Waals surface area contributed by atoms with E-state index in [0.717, 1.165) is 17.9 Å². The molecule has 0 radical (unpaired) electrons. The molecule has 0 aliphatic rings. The van der Waals surface area contributed by atoms with Crippen LogP contribution in [0.25, 0.3) is 10.8 Å². The molecule has 0 unspecified atom stereocenters. The third-order valence-electron chi connectivity index (χ3n) is 3.72. The van der Waals surface area contributed by atoms with Crippen molar-refractivity contribution >= 4 is 22.4 Å². The van der Waals surface area contributed by atoms with Gasteiger partial charge in [-0.1, -0.05) is 35.9 Å². The Hall–Kier alpha value is -2.41. The molecule has 7 heteroatoms. The Balaban J connectivity index is 0.00000126. The topological polar surface area (TPSA) is 63.6 Å². The molecule has 0 aliphatic heterocycles. The van der Waals surface area contributed by atoms with Gasteiger partial charge >= 0.3 is 0 Å². The maximum absolute atomic E-state index is 14.1. The van der Waals surface area contributed by atoms with Gasteiger partial charge in [0, 0.05) is 41.1 Å². The molecule has 5 nitrogen and oxygen atoms in total. The van der Waals surface area contributed by atoms with Crippen molar-refractivity contribution in [3.8, 4) is 11.6 Å². The van der Waals surface area contributed by atoms with Crippen molar-refractivity contribution in [3.05, 3.63) is 65.1 Å². The fraction of sp³-hybridized carbons (Fsp3) is 0.250. The number of nitrogens with zero attached hydrogens (tertiary/aromatic N) is 1. The zero-order chi connectivity index (χ0) is 19.6. The quantitative estimate of drug-likeness (QED) is 0.473. The Bertz CT molecular complexity index is 877. The molecule has 144 valence electrons. The smallest absolute Gasteiger partial charge is 0.222 e. The van der Waals surface area contributed by atoms with E-state index in [2.05, 4.69) is 10.3 Å². The molecule has 2 N–H and O–H groups in total. The van der Waals surface area contributed by atoms with Gasteiger partial charge < -0.3 is 19.9 Å². The maximum Gasteiger partial charge on any atom is 0.222 e. The van der Waals surface area contributed by atoms with Crippen LogP contribution in [0.5, 0.6) is 11.6 Å². The Labute approximate surface area is 162 Å². The Morgan fingerprint density at radius 1 is 1.04 bits per heavy atom. The molecule has 1 heterocycles. The van der Waals surface area contributed by atoms with E-state index in [1.165, 1.54) is 0 Å². The largest absolute Gasteiger partial charge is 0.488 e. The van der Waals surface area contributed by atoms with E-state index in [0.29, 0.717) is 29.5 Å². The lowest BCUT2D eigenvalue weighted by atomic mass is 10.1. The molecule has 1 aromatic heterocycles. The average molecular weight is 393 g/mol. The summed E-state index contributed by atoms with van der Waals surface area (Å²) in [7, 11) is 2.82. The number of pyridine rings is 1. The van der Waals surface area contributed by atoms with E-state index >= 15 is 0 Å². The first-order valence-electron chi connectivity index (χ1n) is 8.36. The van der Waals surface area contributed by atoms with Crippen LogP contribution in [0.2, 0.25) is 5.02 Å². The number of halogens is 2. The first kappa shape index (κ1) is 20.9. The number of hydrogen-bond donors (Lipinski definition) is 2. The number of benzene rings is 2. The van der Waals surface area contributed by atoms with Gasteiger partial charge in [-0.15, -0.1) is 0 Å². The molecule has 0 saturated heterocycles. The Morgan fingerprint density at radius 2 is 1.78 bits per heavy atom. The minimum Gasteiger partial charge on any atom is -0.488 e. The third-order valence-corrected chi connectivity index (χ3v) is 4.05. The summed E-state index contributed by atoms with van der Waals surface area (Å²) in [5.74, 6) is 0.308. The molecule has 3 rings (SSSR count). The number of ether oxygens (including phenoxy) is 2. The van der Waals surface area contributed by atoms with Gasteiger partial charge in [-0.3, -0.25) is 0 Å². The van der Waals surface area contributed by atoms with E-state index in [4.69, 9.17) is 26.2 Å².